The summed E-state index contributed by atoms with van der Waals surface area (Å²) in [6.07, 6.45) is 7.93. The largest absolute Gasteiger partial charge is 0.384 e. The molecular formula is C16H20BrNO. The van der Waals surface area contributed by atoms with E-state index in [-0.39, 0.29) is 0 Å². The van der Waals surface area contributed by atoms with Crippen molar-refractivity contribution in [2.75, 3.05) is 19.6 Å². The van der Waals surface area contributed by atoms with Crippen LogP contribution >= 0.6 is 15.9 Å². The normalized spacial score (nSPS) is 31.2. The van der Waals surface area contributed by atoms with Gasteiger partial charge in [-0.15, -0.1) is 0 Å². The minimum absolute atomic E-state index is 0.675. The van der Waals surface area contributed by atoms with E-state index in [0.717, 1.165) is 36.1 Å². The van der Waals surface area contributed by atoms with Crippen LogP contribution in [0.25, 0.3) is 0 Å². The Balaban J connectivity index is 1.68. The summed E-state index contributed by atoms with van der Waals surface area (Å²) in [4.78, 5) is 2.40. The molecule has 1 aliphatic heterocycles. The number of hydrogen-bond acceptors (Lipinski definition) is 2. The van der Waals surface area contributed by atoms with Crippen LogP contribution in [0.2, 0.25) is 0 Å². The van der Waals surface area contributed by atoms with Crippen LogP contribution in [-0.2, 0) is 5.60 Å². The molecule has 2 atom stereocenters. The molecule has 0 amide bonds. The molecule has 1 saturated heterocycles. The highest BCUT2D eigenvalue weighted by Gasteiger charge is 2.38. The molecule has 1 heterocycles. The monoisotopic (exact) mass is 321 g/mol. The first-order chi connectivity index (χ1) is 9.16. The first-order valence-corrected chi connectivity index (χ1v) is 7.82. The molecule has 1 N–H and O–H groups in total. The van der Waals surface area contributed by atoms with Gasteiger partial charge < -0.3 is 5.11 Å². The summed E-state index contributed by atoms with van der Waals surface area (Å²) in [5.41, 5.74) is 0.359. The number of hydrogen-bond donors (Lipinski definition) is 1. The van der Waals surface area contributed by atoms with Crippen molar-refractivity contribution in [1.82, 2.24) is 4.90 Å². The molecule has 2 aliphatic rings. The third kappa shape index (κ3) is 2.93. The molecule has 0 bridgehead atoms. The zero-order valence-electron chi connectivity index (χ0n) is 11.1. The molecule has 0 spiro atoms. The van der Waals surface area contributed by atoms with Crippen LogP contribution in [0.1, 0.15) is 24.8 Å². The van der Waals surface area contributed by atoms with E-state index < -0.39 is 5.60 Å². The molecule has 0 aromatic heterocycles. The maximum Gasteiger partial charge on any atom is 0.103 e. The van der Waals surface area contributed by atoms with Crippen molar-refractivity contribution >= 4 is 15.9 Å². The molecular weight excluding hydrogens is 302 g/mol. The Morgan fingerprint density at radius 3 is 3.05 bits per heavy atom. The van der Waals surface area contributed by atoms with E-state index in [0.29, 0.717) is 5.92 Å². The lowest BCUT2D eigenvalue weighted by molar-refractivity contribution is 0.0450. The lowest BCUT2D eigenvalue weighted by Gasteiger charge is -2.25. The molecule has 102 valence electrons. The van der Waals surface area contributed by atoms with Crippen molar-refractivity contribution < 1.29 is 5.11 Å². The van der Waals surface area contributed by atoms with Crippen molar-refractivity contribution in [3.8, 4) is 0 Å². The zero-order valence-corrected chi connectivity index (χ0v) is 12.6. The summed E-state index contributed by atoms with van der Waals surface area (Å²) in [6.45, 7) is 2.84. The SMILES string of the molecule is OC1(c2cccc(Br)c2)CCN(CC2C=CCC2)C1. The molecule has 2 nitrogen and oxygen atoms in total. The van der Waals surface area contributed by atoms with E-state index >= 15 is 0 Å². The number of likely N-dealkylation sites (tertiary alicyclic amines) is 1. The topological polar surface area (TPSA) is 23.5 Å². The average Bonchev–Trinajstić information content (AvgIpc) is 3.01. The molecule has 3 heteroatoms. The van der Waals surface area contributed by atoms with Crippen LogP contribution in [0.4, 0.5) is 0 Å². The van der Waals surface area contributed by atoms with E-state index in [2.05, 4.69) is 33.0 Å². The molecule has 1 aliphatic carbocycles. The van der Waals surface area contributed by atoms with Crippen LogP contribution < -0.4 is 0 Å². The Bertz CT molecular complexity index is 487. The van der Waals surface area contributed by atoms with Crippen LogP contribution in [0.5, 0.6) is 0 Å². The molecule has 1 fully saturated rings. The maximum atomic E-state index is 10.9. The van der Waals surface area contributed by atoms with Gasteiger partial charge in [-0.05, 0) is 42.9 Å². The smallest absolute Gasteiger partial charge is 0.103 e. The predicted molar refractivity (Wildman–Crippen MR) is 81.0 cm³/mol. The Morgan fingerprint density at radius 1 is 1.42 bits per heavy atom. The molecule has 1 aromatic carbocycles. The molecule has 3 rings (SSSR count). The van der Waals surface area contributed by atoms with E-state index in [9.17, 15) is 5.11 Å². The van der Waals surface area contributed by atoms with Gasteiger partial charge in [-0.2, -0.15) is 0 Å². The Labute approximate surface area is 123 Å². The van der Waals surface area contributed by atoms with Gasteiger partial charge >= 0.3 is 0 Å². The number of halogens is 1. The Kier molecular flexibility index (Phi) is 3.79. The van der Waals surface area contributed by atoms with E-state index in [1.165, 1.54) is 12.8 Å². The maximum absolute atomic E-state index is 10.9. The second-order valence-corrected chi connectivity index (χ2v) is 6.71. The highest BCUT2D eigenvalue weighted by atomic mass is 79.9. The van der Waals surface area contributed by atoms with E-state index in [1.807, 2.05) is 24.3 Å². The van der Waals surface area contributed by atoms with Gasteiger partial charge in [0.15, 0.2) is 0 Å². The number of benzene rings is 1. The summed E-state index contributed by atoms with van der Waals surface area (Å²) < 4.78 is 1.04. The third-order valence-corrected chi connectivity index (χ3v) is 4.79. The average molecular weight is 322 g/mol. The zero-order chi connectivity index (χ0) is 13.3. The van der Waals surface area contributed by atoms with Gasteiger partial charge in [0.05, 0.1) is 0 Å². The fourth-order valence-electron chi connectivity index (χ4n) is 3.22. The number of aliphatic hydroxyl groups is 1. The van der Waals surface area contributed by atoms with Crippen molar-refractivity contribution in [3.63, 3.8) is 0 Å². The quantitative estimate of drug-likeness (QED) is 0.863. The summed E-state index contributed by atoms with van der Waals surface area (Å²) in [5, 5.41) is 10.9. The first-order valence-electron chi connectivity index (χ1n) is 7.03. The van der Waals surface area contributed by atoms with Crippen LogP contribution in [0, 0.1) is 5.92 Å². The number of nitrogens with zero attached hydrogens (tertiary/aromatic N) is 1. The molecule has 1 aromatic rings. The van der Waals surface area contributed by atoms with Crippen molar-refractivity contribution in [2.24, 2.45) is 5.92 Å². The molecule has 0 radical (unpaired) electrons. The fourth-order valence-corrected chi connectivity index (χ4v) is 3.62. The second kappa shape index (κ2) is 5.39. The molecule has 0 saturated carbocycles. The van der Waals surface area contributed by atoms with Gasteiger partial charge in [0.2, 0.25) is 0 Å². The van der Waals surface area contributed by atoms with Gasteiger partial charge in [-0.25, -0.2) is 0 Å². The first kappa shape index (κ1) is 13.3. The summed E-state index contributed by atoms with van der Waals surface area (Å²) in [7, 11) is 0. The Morgan fingerprint density at radius 2 is 2.32 bits per heavy atom. The van der Waals surface area contributed by atoms with Crippen molar-refractivity contribution in [3.05, 3.63) is 46.5 Å². The highest BCUT2D eigenvalue weighted by Crippen LogP contribution is 2.34. The summed E-state index contributed by atoms with van der Waals surface area (Å²) >= 11 is 3.49. The van der Waals surface area contributed by atoms with E-state index in [4.69, 9.17) is 0 Å². The van der Waals surface area contributed by atoms with Crippen LogP contribution in [0.3, 0.4) is 0 Å². The van der Waals surface area contributed by atoms with Gasteiger partial charge in [-0.3, -0.25) is 4.90 Å². The standard InChI is InChI=1S/C16H20BrNO/c17-15-7-3-6-14(10-15)16(19)8-9-18(12-16)11-13-4-1-2-5-13/h1,3-4,6-7,10,13,19H,2,5,8-9,11-12H2. The summed E-state index contributed by atoms with van der Waals surface area (Å²) in [6, 6.07) is 8.07. The van der Waals surface area contributed by atoms with Gasteiger partial charge in [0.25, 0.3) is 0 Å². The van der Waals surface area contributed by atoms with Gasteiger partial charge in [-0.1, -0.05) is 40.2 Å². The third-order valence-electron chi connectivity index (χ3n) is 4.29. The molecule has 19 heavy (non-hydrogen) atoms. The predicted octanol–water partition coefficient (Wildman–Crippen LogP) is 3.31. The summed E-state index contributed by atoms with van der Waals surface area (Å²) in [5.74, 6) is 0.685. The number of rotatable bonds is 3. The van der Waals surface area contributed by atoms with Gasteiger partial charge in [0.1, 0.15) is 5.60 Å². The van der Waals surface area contributed by atoms with E-state index in [1.54, 1.807) is 0 Å². The lowest BCUT2D eigenvalue weighted by atomic mass is 9.93. The molecule has 2 unspecified atom stereocenters. The minimum atomic E-state index is -0.675. The Hall–Kier alpha value is -0.640. The number of β-amino-alcohol motifs (C(OH)–C–C–N with tert-alkyl or cyclic N) is 1. The highest BCUT2D eigenvalue weighted by molar-refractivity contribution is 9.10. The lowest BCUT2D eigenvalue weighted by Crippen LogP contribution is -2.32. The second-order valence-electron chi connectivity index (χ2n) is 5.79. The van der Waals surface area contributed by atoms with Gasteiger partial charge in [0, 0.05) is 24.1 Å². The number of allylic oxidation sites excluding steroid dienone is 1. The van der Waals surface area contributed by atoms with Crippen molar-refractivity contribution in [1.29, 1.82) is 0 Å². The van der Waals surface area contributed by atoms with Crippen molar-refractivity contribution in [2.45, 2.75) is 24.9 Å². The van der Waals surface area contributed by atoms with Crippen LogP contribution in [-0.4, -0.2) is 29.6 Å². The minimum Gasteiger partial charge on any atom is -0.384 e. The fraction of sp³-hybridized carbons (Fsp3) is 0.500. The van der Waals surface area contributed by atoms with Crippen LogP contribution in [0.15, 0.2) is 40.9 Å².